The molecule has 3 aromatic rings. The van der Waals surface area contributed by atoms with E-state index in [1.54, 1.807) is 19.1 Å². The minimum Gasteiger partial charge on any atom is -0.451 e. The van der Waals surface area contributed by atoms with Gasteiger partial charge in [0.05, 0.1) is 0 Å². The third-order valence-corrected chi connectivity index (χ3v) is 3.68. The Hall–Kier alpha value is -3.42. The second-order valence-corrected chi connectivity index (χ2v) is 5.36. The predicted octanol–water partition coefficient (Wildman–Crippen LogP) is 3.42. The molecule has 0 aliphatic rings. The number of furan rings is 1. The molecule has 6 nitrogen and oxygen atoms in total. The van der Waals surface area contributed by atoms with Gasteiger partial charge in [0.15, 0.2) is 5.76 Å². The van der Waals surface area contributed by atoms with Gasteiger partial charge in [-0.2, -0.15) is 8.78 Å². The molecule has 0 fully saturated rings. The summed E-state index contributed by atoms with van der Waals surface area (Å²) < 4.78 is 33.9. The number of rotatable bonds is 4. The van der Waals surface area contributed by atoms with Gasteiger partial charge in [0, 0.05) is 16.5 Å². The Bertz CT molecular complexity index is 951. The average Bonchev–Trinajstić information content (AvgIpc) is 2.97. The Balaban J connectivity index is 1.65. The van der Waals surface area contributed by atoms with Gasteiger partial charge < -0.3 is 9.15 Å². The zero-order valence-corrected chi connectivity index (χ0v) is 13.6. The fourth-order valence-electron chi connectivity index (χ4n) is 2.42. The van der Waals surface area contributed by atoms with Gasteiger partial charge in [-0.05, 0) is 37.3 Å². The Kier molecular flexibility index (Phi) is 4.83. The third kappa shape index (κ3) is 3.64. The fourth-order valence-corrected chi connectivity index (χ4v) is 2.42. The summed E-state index contributed by atoms with van der Waals surface area (Å²) in [4.78, 5) is 24.2. The first kappa shape index (κ1) is 17.4. The van der Waals surface area contributed by atoms with Gasteiger partial charge in [-0.1, -0.05) is 18.2 Å². The van der Waals surface area contributed by atoms with Crippen molar-refractivity contribution in [2.45, 2.75) is 13.5 Å². The molecule has 134 valence electrons. The van der Waals surface area contributed by atoms with E-state index in [4.69, 9.17) is 4.42 Å². The minimum absolute atomic E-state index is 0.0708. The number of halogens is 2. The van der Waals surface area contributed by atoms with Crippen molar-refractivity contribution in [1.82, 2.24) is 10.9 Å². The Labute approximate surface area is 146 Å². The van der Waals surface area contributed by atoms with Crippen LogP contribution in [-0.2, 0) is 0 Å². The van der Waals surface area contributed by atoms with Gasteiger partial charge in [0.2, 0.25) is 0 Å². The summed E-state index contributed by atoms with van der Waals surface area (Å²) in [7, 11) is 0. The summed E-state index contributed by atoms with van der Waals surface area (Å²) in [5, 5.41) is 0.804. The van der Waals surface area contributed by atoms with Crippen LogP contribution >= 0.6 is 0 Å². The number of benzene rings is 2. The van der Waals surface area contributed by atoms with Gasteiger partial charge in [0.25, 0.3) is 5.91 Å². The first-order valence-corrected chi connectivity index (χ1v) is 7.59. The van der Waals surface area contributed by atoms with E-state index >= 15 is 0 Å². The SMILES string of the molecule is Cc1c(C(=O)NNC(=O)c2ccc(OC(F)F)cc2)oc2ccccc12. The highest BCUT2D eigenvalue weighted by atomic mass is 19.3. The topological polar surface area (TPSA) is 80.6 Å². The van der Waals surface area contributed by atoms with Gasteiger partial charge in [0.1, 0.15) is 11.3 Å². The number of hydrazine groups is 1. The molecule has 0 saturated heterocycles. The molecule has 2 N–H and O–H groups in total. The van der Waals surface area contributed by atoms with Crippen molar-refractivity contribution in [3.8, 4) is 5.75 Å². The number of carbonyl (C=O) groups excluding carboxylic acids is 2. The molecule has 1 aromatic heterocycles. The second kappa shape index (κ2) is 7.22. The van der Waals surface area contributed by atoms with Gasteiger partial charge >= 0.3 is 12.5 Å². The molecule has 0 aliphatic heterocycles. The normalized spacial score (nSPS) is 10.8. The van der Waals surface area contributed by atoms with Crippen LogP contribution in [-0.4, -0.2) is 18.4 Å². The first-order chi connectivity index (χ1) is 12.5. The summed E-state index contributed by atoms with van der Waals surface area (Å²) in [5.74, 6) is -1.20. The van der Waals surface area contributed by atoms with Crippen LogP contribution in [0.15, 0.2) is 52.9 Å². The van der Waals surface area contributed by atoms with Crippen molar-refractivity contribution in [3.05, 3.63) is 65.4 Å². The number of hydrogen-bond donors (Lipinski definition) is 2. The summed E-state index contributed by atoms with van der Waals surface area (Å²) >= 11 is 0. The molecule has 0 saturated carbocycles. The number of carbonyl (C=O) groups is 2. The number of fused-ring (bicyclic) bond motifs is 1. The summed E-state index contributed by atoms with van der Waals surface area (Å²) in [6.45, 7) is -1.20. The predicted molar refractivity (Wildman–Crippen MR) is 89.0 cm³/mol. The molecule has 2 aromatic carbocycles. The molecule has 0 radical (unpaired) electrons. The quantitative estimate of drug-likeness (QED) is 0.699. The van der Waals surface area contributed by atoms with E-state index in [2.05, 4.69) is 15.6 Å². The number of hydrogen-bond acceptors (Lipinski definition) is 4. The van der Waals surface area contributed by atoms with E-state index in [1.165, 1.54) is 24.3 Å². The second-order valence-electron chi connectivity index (χ2n) is 5.36. The summed E-state index contributed by atoms with van der Waals surface area (Å²) in [5.41, 5.74) is 5.88. The Morgan fingerprint density at radius 2 is 1.65 bits per heavy atom. The number of para-hydroxylation sites is 1. The smallest absolute Gasteiger partial charge is 0.387 e. The Morgan fingerprint density at radius 3 is 2.31 bits per heavy atom. The zero-order valence-electron chi connectivity index (χ0n) is 13.6. The molecular weight excluding hydrogens is 346 g/mol. The molecule has 8 heteroatoms. The van der Waals surface area contributed by atoms with Crippen LogP contribution in [0.1, 0.15) is 26.5 Å². The van der Waals surface area contributed by atoms with Crippen LogP contribution in [0.2, 0.25) is 0 Å². The lowest BCUT2D eigenvalue weighted by Crippen LogP contribution is -2.41. The molecule has 26 heavy (non-hydrogen) atoms. The molecule has 3 rings (SSSR count). The fraction of sp³-hybridized carbons (Fsp3) is 0.111. The third-order valence-electron chi connectivity index (χ3n) is 3.68. The van der Waals surface area contributed by atoms with Gasteiger partial charge in [-0.15, -0.1) is 0 Å². The monoisotopic (exact) mass is 360 g/mol. The molecule has 0 bridgehead atoms. The van der Waals surface area contributed by atoms with E-state index in [-0.39, 0.29) is 17.1 Å². The highest BCUT2D eigenvalue weighted by Gasteiger charge is 2.18. The van der Waals surface area contributed by atoms with Crippen LogP contribution in [0.3, 0.4) is 0 Å². The summed E-state index contributed by atoms with van der Waals surface area (Å²) in [6.07, 6.45) is 0. The number of nitrogens with one attached hydrogen (secondary N) is 2. The summed E-state index contributed by atoms with van der Waals surface area (Å²) in [6, 6.07) is 12.2. The van der Waals surface area contributed by atoms with Gasteiger partial charge in [-0.25, -0.2) is 0 Å². The van der Waals surface area contributed by atoms with E-state index in [9.17, 15) is 18.4 Å². The first-order valence-electron chi connectivity index (χ1n) is 7.59. The maximum atomic E-state index is 12.2. The molecule has 2 amide bonds. The largest absolute Gasteiger partial charge is 0.451 e. The number of ether oxygens (including phenoxy) is 1. The van der Waals surface area contributed by atoms with Crippen molar-refractivity contribution < 1.29 is 27.5 Å². The van der Waals surface area contributed by atoms with Crippen LogP contribution in [0.5, 0.6) is 5.75 Å². The molecular formula is C18H14F2N2O4. The standard InChI is InChI=1S/C18H14F2N2O4/c1-10-13-4-2-3-5-14(13)26-15(10)17(24)22-21-16(23)11-6-8-12(9-7-11)25-18(19)20/h2-9,18H,1H3,(H,21,23)(H,22,24). The number of amides is 2. The van der Waals surface area contributed by atoms with Crippen molar-refractivity contribution in [2.24, 2.45) is 0 Å². The number of aryl methyl sites for hydroxylation is 1. The van der Waals surface area contributed by atoms with Crippen LogP contribution in [0.4, 0.5) is 8.78 Å². The van der Waals surface area contributed by atoms with Crippen molar-refractivity contribution in [1.29, 1.82) is 0 Å². The van der Waals surface area contributed by atoms with Crippen LogP contribution < -0.4 is 15.6 Å². The molecule has 0 atom stereocenters. The van der Waals surface area contributed by atoms with Gasteiger partial charge in [-0.3, -0.25) is 20.4 Å². The molecule has 1 heterocycles. The van der Waals surface area contributed by atoms with Crippen molar-refractivity contribution in [2.75, 3.05) is 0 Å². The lowest BCUT2D eigenvalue weighted by atomic mass is 10.1. The van der Waals surface area contributed by atoms with E-state index in [0.29, 0.717) is 11.1 Å². The van der Waals surface area contributed by atoms with Crippen molar-refractivity contribution >= 4 is 22.8 Å². The van der Waals surface area contributed by atoms with E-state index in [1.807, 2.05) is 12.1 Å². The number of alkyl halides is 2. The lowest BCUT2D eigenvalue weighted by Gasteiger charge is -2.08. The van der Waals surface area contributed by atoms with Crippen LogP contribution in [0.25, 0.3) is 11.0 Å². The maximum Gasteiger partial charge on any atom is 0.387 e. The lowest BCUT2D eigenvalue weighted by molar-refractivity contribution is -0.0498. The maximum absolute atomic E-state index is 12.2. The van der Waals surface area contributed by atoms with E-state index in [0.717, 1.165) is 5.39 Å². The van der Waals surface area contributed by atoms with Crippen molar-refractivity contribution in [3.63, 3.8) is 0 Å². The molecule has 0 unspecified atom stereocenters. The molecule has 0 aliphatic carbocycles. The molecule has 0 spiro atoms. The minimum atomic E-state index is -2.94. The Morgan fingerprint density at radius 1 is 1.00 bits per heavy atom. The zero-order chi connectivity index (χ0) is 18.7. The average molecular weight is 360 g/mol. The van der Waals surface area contributed by atoms with Crippen LogP contribution in [0, 0.1) is 6.92 Å². The highest BCUT2D eigenvalue weighted by molar-refractivity contribution is 6.01. The van der Waals surface area contributed by atoms with E-state index < -0.39 is 18.4 Å². The highest BCUT2D eigenvalue weighted by Crippen LogP contribution is 2.24.